The summed E-state index contributed by atoms with van der Waals surface area (Å²) < 4.78 is 28.0. The van der Waals surface area contributed by atoms with Crippen LogP contribution in [0, 0.1) is 10.1 Å². The summed E-state index contributed by atoms with van der Waals surface area (Å²) in [6, 6.07) is 14.3. The first kappa shape index (κ1) is 20.5. The lowest BCUT2D eigenvalue weighted by atomic mass is 10.0. The first-order valence-electron chi connectivity index (χ1n) is 9.48. The van der Waals surface area contributed by atoms with Crippen LogP contribution in [0.25, 0.3) is 0 Å². The smallest absolute Gasteiger partial charge is 0.310 e. The van der Waals surface area contributed by atoms with Gasteiger partial charge in [0.1, 0.15) is 11.9 Å². The van der Waals surface area contributed by atoms with Gasteiger partial charge >= 0.3 is 5.69 Å². The molecule has 0 bridgehead atoms. The van der Waals surface area contributed by atoms with Crippen LogP contribution >= 0.6 is 0 Å². The first-order valence-corrected chi connectivity index (χ1v) is 10.9. The Balaban J connectivity index is 1.65. The molecule has 0 saturated heterocycles. The number of rotatable bonds is 5. The number of hydrogen-bond acceptors (Lipinski definition) is 6. The molecule has 0 unspecified atom stereocenters. The van der Waals surface area contributed by atoms with Crippen LogP contribution in [0.15, 0.2) is 71.9 Å². The average Bonchev–Trinajstić information content (AvgIpc) is 2.79. The zero-order valence-corrected chi connectivity index (χ0v) is 17.1. The summed E-state index contributed by atoms with van der Waals surface area (Å²) in [6.45, 7) is 0.346. The summed E-state index contributed by atoms with van der Waals surface area (Å²) in [5.74, 6) is -0.662. The Morgan fingerprint density at radius 2 is 1.94 bits per heavy atom. The van der Waals surface area contributed by atoms with Gasteiger partial charge in [-0.25, -0.2) is 8.42 Å². The molecule has 0 atom stereocenters. The molecule has 0 aliphatic carbocycles. The first-order chi connectivity index (χ1) is 14.9. The molecule has 9 nitrogen and oxygen atoms in total. The summed E-state index contributed by atoms with van der Waals surface area (Å²) in [5, 5.41) is 13.6. The molecule has 1 N–H and O–H groups in total. The predicted molar refractivity (Wildman–Crippen MR) is 115 cm³/mol. The minimum atomic E-state index is -3.89. The highest BCUT2D eigenvalue weighted by atomic mass is 32.2. The van der Waals surface area contributed by atoms with E-state index in [4.69, 9.17) is 0 Å². The normalized spacial score (nSPS) is 13.4. The van der Waals surface area contributed by atoms with E-state index in [1.807, 2.05) is 12.1 Å². The van der Waals surface area contributed by atoms with Gasteiger partial charge in [0.05, 0.1) is 15.5 Å². The third kappa shape index (κ3) is 3.97. The number of fused-ring (bicyclic) bond motifs is 1. The molecule has 31 heavy (non-hydrogen) atoms. The number of sulfonamides is 1. The van der Waals surface area contributed by atoms with Crippen LogP contribution < -0.4 is 9.62 Å². The second kappa shape index (κ2) is 8.15. The fourth-order valence-corrected chi connectivity index (χ4v) is 5.09. The maximum absolute atomic E-state index is 13.3. The Labute approximate surface area is 178 Å². The van der Waals surface area contributed by atoms with Gasteiger partial charge in [0.15, 0.2) is 0 Å². The predicted octanol–water partition coefficient (Wildman–Crippen LogP) is 3.38. The van der Waals surface area contributed by atoms with E-state index in [0.29, 0.717) is 18.7 Å². The summed E-state index contributed by atoms with van der Waals surface area (Å²) in [4.78, 5) is 26.8. The Hall–Kier alpha value is -3.79. The fraction of sp³-hybridized carbons (Fsp3) is 0.143. The van der Waals surface area contributed by atoms with E-state index in [9.17, 15) is 23.3 Å². The molecule has 2 heterocycles. The molecule has 1 aromatic heterocycles. The van der Waals surface area contributed by atoms with Crippen molar-refractivity contribution in [3.8, 4) is 0 Å². The largest absolute Gasteiger partial charge is 0.316 e. The number of hydrogen-bond donors (Lipinski definition) is 1. The molecular weight excluding hydrogens is 420 g/mol. The van der Waals surface area contributed by atoms with Crippen LogP contribution in [-0.4, -0.2) is 30.8 Å². The van der Waals surface area contributed by atoms with Gasteiger partial charge in [-0.15, -0.1) is 0 Å². The minimum absolute atomic E-state index is 0.0248. The number of pyridine rings is 1. The fourth-order valence-electron chi connectivity index (χ4n) is 3.51. The van der Waals surface area contributed by atoms with Gasteiger partial charge in [0.2, 0.25) is 0 Å². The van der Waals surface area contributed by atoms with Crippen molar-refractivity contribution in [3.05, 3.63) is 88.2 Å². The lowest BCUT2D eigenvalue weighted by Crippen LogP contribution is -2.35. The Morgan fingerprint density at radius 1 is 1.13 bits per heavy atom. The quantitative estimate of drug-likeness (QED) is 0.481. The molecule has 158 valence electrons. The maximum Gasteiger partial charge on any atom is 0.310 e. The molecule has 1 aliphatic rings. The van der Waals surface area contributed by atoms with E-state index in [0.717, 1.165) is 18.2 Å². The third-order valence-electron chi connectivity index (χ3n) is 5.00. The number of carbonyl (C=O) groups is 1. The summed E-state index contributed by atoms with van der Waals surface area (Å²) in [6.07, 6.45) is 3.85. The number of amides is 1. The number of benzene rings is 2. The lowest BCUT2D eigenvalue weighted by Gasteiger charge is -2.30. The molecule has 0 spiro atoms. The summed E-state index contributed by atoms with van der Waals surface area (Å²) >= 11 is 0. The SMILES string of the molecule is O=C(Nc1ccncc1[N+](=O)[O-])c1cccc(S(=O)(=O)N2CCCc3ccccc32)c1. The van der Waals surface area contributed by atoms with Crippen LogP contribution in [0.4, 0.5) is 17.1 Å². The van der Waals surface area contributed by atoms with Gasteiger partial charge in [-0.2, -0.15) is 0 Å². The number of aromatic nitrogens is 1. The average molecular weight is 438 g/mol. The highest BCUT2D eigenvalue weighted by molar-refractivity contribution is 7.92. The van der Waals surface area contributed by atoms with E-state index in [-0.39, 0.29) is 21.8 Å². The molecule has 3 aromatic rings. The van der Waals surface area contributed by atoms with Gasteiger partial charge in [-0.3, -0.25) is 24.2 Å². The van der Waals surface area contributed by atoms with Crippen LogP contribution in [0.1, 0.15) is 22.3 Å². The van der Waals surface area contributed by atoms with Crippen molar-refractivity contribution in [1.82, 2.24) is 4.98 Å². The van der Waals surface area contributed by atoms with Gasteiger partial charge in [-0.1, -0.05) is 24.3 Å². The van der Waals surface area contributed by atoms with Crippen molar-refractivity contribution >= 4 is 33.0 Å². The standard InChI is InChI=1S/C21H18N4O5S/c26-21(23-18-10-11-22-14-20(18)25(27)28)16-6-3-8-17(13-16)31(29,30)24-12-4-7-15-5-1-2-9-19(15)24/h1-3,5-6,8-11,13-14H,4,7,12H2,(H,22,23,26). The second-order valence-corrected chi connectivity index (χ2v) is 8.80. The summed E-state index contributed by atoms with van der Waals surface area (Å²) in [7, 11) is -3.89. The van der Waals surface area contributed by atoms with Crippen molar-refractivity contribution in [2.75, 3.05) is 16.2 Å². The van der Waals surface area contributed by atoms with Gasteiger partial charge < -0.3 is 5.32 Å². The van der Waals surface area contributed by atoms with Crippen molar-refractivity contribution in [3.63, 3.8) is 0 Å². The molecular formula is C21H18N4O5S. The molecule has 10 heteroatoms. The topological polar surface area (TPSA) is 123 Å². The minimum Gasteiger partial charge on any atom is -0.316 e. The third-order valence-corrected chi connectivity index (χ3v) is 6.81. The van der Waals surface area contributed by atoms with E-state index < -0.39 is 20.9 Å². The molecule has 4 rings (SSSR count). The van der Waals surface area contributed by atoms with Crippen LogP contribution in [-0.2, 0) is 16.4 Å². The van der Waals surface area contributed by atoms with E-state index in [2.05, 4.69) is 10.3 Å². The van der Waals surface area contributed by atoms with E-state index in [1.165, 1.54) is 40.8 Å². The molecule has 0 saturated carbocycles. The Kier molecular flexibility index (Phi) is 5.38. The zero-order valence-electron chi connectivity index (χ0n) is 16.3. The number of nitrogens with zero attached hydrogens (tertiary/aromatic N) is 3. The van der Waals surface area contributed by atoms with E-state index >= 15 is 0 Å². The van der Waals surface area contributed by atoms with Gasteiger partial charge in [-0.05, 0) is 48.7 Å². The van der Waals surface area contributed by atoms with Crippen molar-refractivity contribution in [2.24, 2.45) is 0 Å². The van der Waals surface area contributed by atoms with Crippen molar-refractivity contribution in [1.29, 1.82) is 0 Å². The number of nitro groups is 1. The molecule has 1 aliphatic heterocycles. The number of carbonyl (C=O) groups excluding carboxylic acids is 1. The van der Waals surface area contributed by atoms with E-state index in [1.54, 1.807) is 12.1 Å². The summed E-state index contributed by atoms with van der Waals surface area (Å²) in [5.41, 5.74) is 1.28. The lowest BCUT2D eigenvalue weighted by molar-refractivity contribution is -0.384. The number of aryl methyl sites for hydroxylation is 1. The van der Waals surface area contributed by atoms with Crippen LogP contribution in [0.5, 0.6) is 0 Å². The monoisotopic (exact) mass is 438 g/mol. The molecule has 1 amide bonds. The maximum atomic E-state index is 13.3. The zero-order chi connectivity index (χ0) is 22.0. The Bertz CT molecular complexity index is 1280. The highest BCUT2D eigenvalue weighted by Crippen LogP contribution is 2.32. The molecule has 2 aromatic carbocycles. The van der Waals surface area contributed by atoms with Crippen molar-refractivity contribution < 1.29 is 18.1 Å². The Morgan fingerprint density at radius 3 is 2.74 bits per heavy atom. The molecule has 0 radical (unpaired) electrons. The van der Waals surface area contributed by atoms with Crippen molar-refractivity contribution in [2.45, 2.75) is 17.7 Å². The second-order valence-electron chi connectivity index (χ2n) is 6.94. The highest BCUT2D eigenvalue weighted by Gasteiger charge is 2.29. The number of para-hydroxylation sites is 1. The van der Waals surface area contributed by atoms with Gasteiger partial charge in [0.25, 0.3) is 15.9 Å². The number of anilines is 2. The van der Waals surface area contributed by atoms with Gasteiger partial charge in [0, 0.05) is 18.3 Å². The van der Waals surface area contributed by atoms with Crippen LogP contribution in [0.3, 0.4) is 0 Å². The van der Waals surface area contributed by atoms with Crippen LogP contribution in [0.2, 0.25) is 0 Å². The molecule has 0 fully saturated rings. The number of nitrogens with one attached hydrogen (secondary N) is 1.